The topological polar surface area (TPSA) is 58.6 Å². The van der Waals surface area contributed by atoms with E-state index < -0.39 is 5.60 Å². The zero-order chi connectivity index (χ0) is 15.4. The summed E-state index contributed by atoms with van der Waals surface area (Å²) in [5.41, 5.74) is 0.210. The molecule has 2 aliphatic rings. The number of benzene rings is 1. The first-order chi connectivity index (χ1) is 10.6. The van der Waals surface area contributed by atoms with E-state index in [4.69, 9.17) is 4.74 Å². The van der Waals surface area contributed by atoms with E-state index >= 15 is 0 Å². The highest BCUT2D eigenvalue weighted by Crippen LogP contribution is 2.32. The van der Waals surface area contributed by atoms with Gasteiger partial charge in [-0.15, -0.1) is 0 Å². The van der Waals surface area contributed by atoms with Gasteiger partial charge in [-0.25, -0.2) is 0 Å². The molecule has 0 heterocycles. The minimum absolute atomic E-state index is 0.0820. The van der Waals surface area contributed by atoms with Gasteiger partial charge in [0.15, 0.2) is 0 Å². The molecule has 3 rings (SSSR count). The number of para-hydroxylation sites is 1. The van der Waals surface area contributed by atoms with E-state index in [9.17, 15) is 9.90 Å². The summed E-state index contributed by atoms with van der Waals surface area (Å²) < 4.78 is 5.85. The molecule has 0 atom stereocenters. The summed E-state index contributed by atoms with van der Waals surface area (Å²) in [6, 6.07) is 7.84. The molecule has 2 N–H and O–H groups in total. The molecule has 0 unspecified atom stereocenters. The number of aliphatic hydroxyl groups is 1. The average molecular weight is 303 g/mol. The molecule has 4 heteroatoms. The summed E-state index contributed by atoms with van der Waals surface area (Å²) in [5, 5.41) is 13.2. The smallest absolute Gasteiger partial charge is 0.223 e. The Morgan fingerprint density at radius 1 is 1.27 bits per heavy atom. The SMILES string of the molecule is O=C(CC1(O)CCCC1)NCc1ccccc1OCC1CC1. The fourth-order valence-corrected chi connectivity index (χ4v) is 3.05. The third kappa shape index (κ3) is 4.23. The standard InChI is InChI=1S/C18H25NO3/c20-17(11-18(21)9-3-4-10-18)19-12-15-5-1-2-6-16(15)22-13-14-7-8-14/h1-2,5-6,14,21H,3-4,7-13H2,(H,19,20). The van der Waals surface area contributed by atoms with Crippen molar-refractivity contribution in [2.24, 2.45) is 5.92 Å². The first kappa shape index (κ1) is 15.3. The lowest BCUT2D eigenvalue weighted by Crippen LogP contribution is -2.34. The molecule has 0 radical (unpaired) electrons. The van der Waals surface area contributed by atoms with Crippen LogP contribution >= 0.6 is 0 Å². The van der Waals surface area contributed by atoms with Crippen LogP contribution in [0.15, 0.2) is 24.3 Å². The third-order valence-electron chi connectivity index (χ3n) is 4.64. The maximum atomic E-state index is 12.1. The number of carbonyl (C=O) groups is 1. The molecule has 4 nitrogen and oxygen atoms in total. The van der Waals surface area contributed by atoms with Crippen molar-refractivity contribution in [2.45, 2.75) is 57.1 Å². The first-order valence-electron chi connectivity index (χ1n) is 8.34. The number of amides is 1. The van der Waals surface area contributed by atoms with Gasteiger partial charge in [0.1, 0.15) is 5.75 Å². The fourth-order valence-electron chi connectivity index (χ4n) is 3.05. The van der Waals surface area contributed by atoms with Gasteiger partial charge in [0.2, 0.25) is 5.91 Å². The summed E-state index contributed by atoms with van der Waals surface area (Å²) in [6.45, 7) is 1.22. The molecule has 0 bridgehead atoms. The Morgan fingerprint density at radius 3 is 2.73 bits per heavy atom. The second-order valence-corrected chi connectivity index (χ2v) is 6.75. The molecule has 2 fully saturated rings. The first-order valence-corrected chi connectivity index (χ1v) is 8.34. The van der Waals surface area contributed by atoms with Gasteiger partial charge in [0.05, 0.1) is 18.6 Å². The van der Waals surface area contributed by atoms with Gasteiger partial charge < -0.3 is 15.2 Å². The van der Waals surface area contributed by atoms with Gasteiger partial charge in [-0.3, -0.25) is 4.79 Å². The van der Waals surface area contributed by atoms with Crippen LogP contribution in [-0.4, -0.2) is 23.2 Å². The van der Waals surface area contributed by atoms with E-state index in [2.05, 4.69) is 5.32 Å². The predicted octanol–water partition coefficient (Wildman–Crippen LogP) is 2.79. The molecule has 0 saturated heterocycles. The third-order valence-corrected chi connectivity index (χ3v) is 4.64. The second kappa shape index (κ2) is 6.69. The number of nitrogens with one attached hydrogen (secondary N) is 1. The molecule has 1 aromatic carbocycles. The lowest BCUT2D eigenvalue weighted by atomic mass is 9.97. The molecular formula is C18H25NO3. The Bertz CT molecular complexity index is 519. The zero-order valence-corrected chi connectivity index (χ0v) is 13.0. The molecule has 0 spiro atoms. The normalized spacial score (nSPS) is 19.9. The van der Waals surface area contributed by atoms with Crippen molar-refractivity contribution in [3.8, 4) is 5.75 Å². The van der Waals surface area contributed by atoms with Crippen LogP contribution in [-0.2, 0) is 11.3 Å². The van der Waals surface area contributed by atoms with Crippen molar-refractivity contribution in [3.63, 3.8) is 0 Å². The fraction of sp³-hybridized carbons (Fsp3) is 0.611. The van der Waals surface area contributed by atoms with Crippen LogP contribution in [0.3, 0.4) is 0 Å². The predicted molar refractivity (Wildman–Crippen MR) is 84.5 cm³/mol. The molecule has 1 aromatic rings. The quantitative estimate of drug-likeness (QED) is 0.814. The van der Waals surface area contributed by atoms with Crippen molar-refractivity contribution in [2.75, 3.05) is 6.61 Å². The van der Waals surface area contributed by atoms with Crippen LogP contribution in [0.5, 0.6) is 5.75 Å². The second-order valence-electron chi connectivity index (χ2n) is 6.75. The lowest BCUT2D eigenvalue weighted by Gasteiger charge is -2.21. The number of hydrogen-bond donors (Lipinski definition) is 2. The van der Waals surface area contributed by atoms with E-state index in [1.807, 2.05) is 24.3 Å². The van der Waals surface area contributed by atoms with Crippen molar-refractivity contribution in [1.82, 2.24) is 5.32 Å². The van der Waals surface area contributed by atoms with Gasteiger partial charge in [-0.1, -0.05) is 31.0 Å². The minimum Gasteiger partial charge on any atom is -0.493 e. The summed E-state index contributed by atoms with van der Waals surface area (Å²) >= 11 is 0. The maximum absolute atomic E-state index is 12.1. The van der Waals surface area contributed by atoms with Crippen LogP contribution < -0.4 is 10.1 Å². The summed E-state index contributed by atoms with van der Waals surface area (Å²) in [4.78, 5) is 12.1. The van der Waals surface area contributed by atoms with E-state index in [0.29, 0.717) is 12.5 Å². The monoisotopic (exact) mass is 303 g/mol. The molecule has 0 aromatic heterocycles. The lowest BCUT2D eigenvalue weighted by molar-refractivity contribution is -0.126. The number of carbonyl (C=O) groups excluding carboxylic acids is 1. The van der Waals surface area contributed by atoms with Crippen molar-refractivity contribution >= 4 is 5.91 Å². The highest BCUT2D eigenvalue weighted by molar-refractivity contribution is 5.77. The van der Waals surface area contributed by atoms with Gasteiger partial charge in [-0.05, 0) is 37.7 Å². The number of ether oxygens (including phenoxy) is 1. The largest absolute Gasteiger partial charge is 0.493 e. The summed E-state index contributed by atoms with van der Waals surface area (Å²) in [6.07, 6.45) is 6.24. The highest BCUT2D eigenvalue weighted by atomic mass is 16.5. The van der Waals surface area contributed by atoms with Crippen LogP contribution in [0.4, 0.5) is 0 Å². The molecule has 1 amide bonds. The van der Waals surface area contributed by atoms with Crippen LogP contribution in [0.1, 0.15) is 50.5 Å². The van der Waals surface area contributed by atoms with E-state index in [-0.39, 0.29) is 12.3 Å². The van der Waals surface area contributed by atoms with Crippen LogP contribution in [0, 0.1) is 5.92 Å². The summed E-state index contributed by atoms with van der Waals surface area (Å²) in [5.74, 6) is 1.48. The Hall–Kier alpha value is -1.55. The highest BCUT2D eigenvalue weighted by Gasteiger charge is 2.33. The van der Waals surface area contributed by atoms with Crippen LogP contribution in [0.2, 0.25) is 0 Å². The molecule has 120 valence electrons. The zero-order valence-electron chi connectivity index (χ0n) is 13.0. The van der Waals surface area contributed by atoms with Crippen LogP contribution in [0.25, 0.3) is 0 Å². The minimum atomic E-state index is -0.786. The summed E-state index contributed by atoms with van der Waals surface area (Å²) in [7, 11) is 0. The van der Waals surface area contributed by atoms with Crippen molar-refractivity contribution in [1.29, 1.82) is 0 Å². The molecule has 2 saturated carbocycles. The molecule has 2 aliphatic carbocycles. The van der Waals surface area contributed by atoms with E-state index in [1.54, 1.807) is 0 Å². The average Bonchev–Trinajstić information content (AvgIpc) is 3.25. The van der Waals surface area contributed by atoms with E-state index in [0.717, 1.165) is 43.6 Å². The van der Waals surface area contributed by atoms with Crippen molar-refractivity contribution in [3.05, 3.63) is 29.8 Å². The maximum Gasteiger partial charge on any atom is 0.223 e. The Kier molecular flexibility index (Phi) is 4.67. The van der Waals surface area contributed by atoms with Gasteiger partial charge in [-0.2, -0.15) is 0 Å². The number of hydrogen-bond acceptors (Lipinski definition) is 3. The molecule has 0 aliphatic heterocycles. The molecular weight excluding hydrogens is 278 g/mol. The number of rotatable bonds is 7. The van der Waals surface area contributed by atoms with Gasteiger partial charge >= 0.3 is 0 Å². The Morgan fingerprint density at radius 2 is 2.00 bits per heavy atom. The van der Waals surface area contributed by atoms with Gasteiger partial charge in [0.25, 0.3) is 0 Å². The van der Waals surface area contributed by atoms with Gasteiger partial charge in [0, 0.05) is 12.1 Å². The van der Waals surface area contributed by atoms with Crippen molar-refractivity contribution < 1.29 is 14.6 Å². The Labute approximate surface area is 131 Å². The Balaban J connectivity index is 1.50. The van der Waals surface area contributed by atoms with E-state index in [1.165, 1.54) is 12.8 Å². The molecule has 22 heavy (non-hydrogen) atoms.